The largest absolute Gasteiger partial charge is 0.496 e. The fourth-order valence-electron chi connectivity index (χ4n) is 4.63. The van der Waals surface area contributed by atoms with E-state index in [9.17, 15) is 9.59 Å². The number of methoxy groups -OCH3 is 1. The minimum atomic E-state index is -0.477. The third-order valence-electron chi connectivity index (χ3n) is 6.57. The number of carbonyl (C=O) groups is 2. The number of rotatable bonds is 9. The van der Waals surface area contributed by atoms with Gasteiger partial charge >= 0.3 is 0 Å². The van der Waals surface area contributed by atoms with E-state index in [1.165, 1.54) is 0 Å². The molecule has 8 heteroatoms. The van der Waals surface area contributed by atoms with Crippen LogP contribution in [0.5, 0.6) is 5.75 Å². The number of benzene rings is 2. The van der Waals surface area contributed by atoms with Gasteiger partial charge in [0.1, 0.15) is 5.75 Å². The SMILES string of the molecule is COc1ccccc1C1C(C(=O)NCCCc2nc(C(C)C)no2)CCC(=O)N1c1ccc(C)cc1. The van der Waals surface area contributed by atoms with Gasteiger partial charge in [-0.05, 0) is 38.0 Å². The molecule has 0 saturated carbocycles. The maximum absolute atomic E-state index is 13.5. The minimum Gasteiger partial charge on any atom is -0.496 e. The first-order valence-electron chi connectivity index (χ1n) is 12.5. The molecule has 0 radical (unpaired) electrons. The number of hydrogen-bond acceptors (Lipinski definition) is 6. The van der Waals surface area contributed by atoms with Crippen molar-refractivity contribution < 1.29 is 18.8 Å². The Bertz CT molecular complexity index is 1190. The van der Waals surface area contributed by atoms with Gasteiger partial charge in [-0.25, -0.2) is 0 Å². The van der Waals surface area contributed by atoms with Crippen molar-refractivity contribution in [1.29, 1.82) is 0 Å². The van der Waals surface area contributed by atoms with Crippen LogP contribution in [0.2, 0.25) is 0 Å². The van der Waals surface area contributed by atoms with Crippen molar-refractivity contribution in [2.75, 3.05) is 18.6 Å². The zero-order chi connectivity index (χ0) is 25.7. The number of carbonyl (C=O) groups excluding carboxylic acids is 2. The number of piperidine rings is 1. The van der Waals surface area contributed by atoms with Crippen molar-refractivity contribution >= 4 is 17.5 Å². The summed E-state index contributed by atoms with van der Waals surface area (Å²) in [5, 5.41) is 7.07. The second-order valence-corrected chi connectivity index (χ2v) is 9.53. The van der Waals surface area contributed by atoms with Crippen molar-refractivity contribution in [3.8, 4) is 5.75 Å². The minimum absolute atomic E-state index is 0.00356. The van der Waals surface area contributed by atoms with E-state index in [4.69, 9.17) is 9.26 Å². The first kappa shape index (κ1) is 25.4. The molecule has 190 valence electrons. The van der Waals surface area contributed by atoms with Gasteiger partial charge < -0.3 is 19.5 Å². The van der Waals surface area contributed by atoms with Gasteiger partial charge in [-0.2, -0.15) is 4.98 Å². The molecular formula is C28H34N4O4. The van der Waals surface area contributed by atoms with E-state index in [2.05, 4.69) is 15.5 Å². The standard InChI is InChI=1S/C28H34N4O4/c1-18(2)27-30-24(36-31-27)10-7-17-29-28(34)22-15-16-25(33)32(20-13-11-19(3)12-14-20)26(22)21-8-5-6-9-23(21)35-4/h5-6,8-9,11-14,18,22,26H,7,10,15-17H2,1-4H3,(H,29,34). The Hall–Kier alpha value is -3.68. The molecule has 0 aliphatic carbocycles. The molecule has 2 unspecified atom stereocenters. The highest BCUT2D eigenvalue weighted by atomic mass is 16.5. The number of hydrogen-bond donors (Lipinski definition) is 1. The van der Waals surface area contributed by atoms with E-state index in [-0.39, 0.29) is 17.7 Å². The Kier molecular flexibility index (Phi) is 8.03. The highest BCUT2D eigenvalue weighted by Gasteiger charge is 2.42. The molecule has 1 aliphatic rings. The number of para-hydroxylation sites is 1. The van der Waals surface area contributed by atoms with Gasteiger partial charge in [0.05, 0.1) is 19.1 Å². The van der Waals surface area contributed by atoms with Gasteiger partial charge in [0.2, 0.25) is 17.7 Å². The van der Waals surface area contributed by atoms with E-state index in [0.29, 0.717) is 49.7 Å². The van der Waals surface area contributed by atoms with Gasteiger partial charge in [-0.3, -0.25) is 9.59 Å². The van der Waals surface area contributed by atoms with Crippen LogP contribution in [0.4, 0.5) is 5.69 Å². The summed E-state index contributed by atoms with van der Waals surface area (Å²) in [6.07, 6.45) is 2.04. The maximum atomic E-state index is 13.5. The van der Waals surface area contributed by atoms with Gasteiger partial charge in [0.25, 0.3) is 0 Å². The summed E-state index contributed by atoms with van der Waals surface area (Å²) < 4.78 is 10.9. The predicted molar refractivity (Wildman–Crippen MR) is 137 cm³/mol. The topological polar surface area (TPSA) is 97.6 Å². The highest BCUT2D eigenvalue weighted by Crippen LogP contribution is 2.43. The molecule has 3 aromatic rings. The maximum Gasteiger partial charge on any atom is 0.227 e. The van der Waals surface area contributed by atoms with Gasteiger partial charge in [-0.1, -0.05) is 54.9 Å². The molecule has 2 atom stereocenters. The molecule has 2 aromatic carbocycles. The number of ether oxygens (including phenoxy) is 1. The normalized spacial score (nSPS) is 17.9. The Balaban J connectivity index is 1.53. The molecule has 36 heavy (non-hydrogen) atoms. The smallest absolute Gasteiger partial charge is 0.227 e. The van der Waals surface area contributed by atoms with Crippen LogP contribution in [-0.2, 0) is 16.0 Å². The lowest BCUT2D eigenvalue weighted by atomic mass is 9.82. The van der Waals surface area contributed by atoms with Crippen LogP contribution in [0.1, 0.15) is 67.9 Å². The van der Waals surface area contributed by atoms with Crippen LogP contribution in [0, 0.1) is 12.8 Å². The van der Waals surface area contributed by atoms with Crippen LogP contribution < -0.4 is 15.0 Å². The number of anilines is 1. The Morgan fingerprint density at radius 1 is 1.19 bits per heavy atom. The van der Waals surface area contributed by atoms with Crippen molar-refractivity contribution in [2.45, 2.75) is 58.4 Å². The third-order valence-corrected chi connectivity index (χ3v) is 6.57. The van der Waals surface area contributed by atoms with Crippen LogP contribution in [-0.4, -0.2) is 35.6 Å². The van der Waals surface area contributed by atoms with Crippen molar-refractivity contribution in [3.05, 3.63) is 71.4 Å². The summed E-state index contributed by atoms with van der Waals surface area (Å²) in [4.78, 5) is 32.9. The number of amides is 2. The molecule has 0 bridgehead atoms. The second kappa shape index (κ2) is 11.4. The van der Waals surface area contributed by atoms with Crippen LogP contribution in [0.15, 0.2) is 53.1 Å². The van der Waals surface area contributed by atoms with Gasteiger partial charge in [0, 0.05) is 36.6 Å². The summed E-state index contributed by atoms with van der Waals surface area (Å²) in [5.41, 5.74) is 2.70. The van der Waals surface area contributed by atoms with E-state index in [1.54, 1.807) is 12.0 Å². The van der Waals surface area contributed by atoms with Crippen LogP contribution in [0.25, 0.3) is 0 Å². The van der Waals surface area contributed by atoms with E-state index < -0.39 is 12.0 Å². The fourth-order valence-corrected chi connectivity index (χ4v) is 4.63. The number of nitrogens with zero attached hydrogens (tertiary/aromatic N) is 3. The van der Waals surface area contributed by atoms with E-state index in [0.717, 1.165) is 16.8 Å². The zero-order valence-electron chi connectivity index (χ0n) is 21.4. The zero-order valence-corrected chi connectivity index (χ0v) is 21.4. The van der Waals surface area contributed by atoms with E-state index >= 15 is 0 Å². The quantitative estimate of drug-likeness (QED) is 0.435. The lowest BCUT2D eigenvalue weighted by molar-refractivity contribution is -0.129. The lowest BCUT2D eigenvalue weighted by Gasteiger charge is -2.41. The average molecular weight is 491 g/mol. The van der Waals surface area contributed by atoms with Crippen LogP contribution >= 0.6 is 0 Å². The van der Waals surface area contributed by atoms with Crippen molar-refractivity contribution in [3.63, 3.8) is 0 Å². The molecule has 1 aliphatic heterocycles. The molecule has 1 aromatic heterocycles. The lowest BCUT2D eigenvalue weighted by Crippen LogP contribution is -2.48. The van der Waals surface area contributed by atoms with Gasteiger partial charge in [-0.15, -0.1) is 0 Å². The molecule has 8 nitrogen and oxygen atoms in total. The summed E-state index contributed by atoms with van der Waals surface area (Å²) in [6.45, 7) is 6.52. The van der Waals surface area contributed by atoms with Crippen molar-refractivity contribution in [2.24, 2.45) is 5.92 Å². The van der Waals surface area contributed by atoms with Gasteiger partial charge in [0.15, 0.2) is 5.82 Å². The monoisotopic (exact) mass is 490 g/mol. The summed E-state index contributed by atoms with van der Waals surface area (Å²) in [6, 6.07) is 15.0. The molecule has 2 heterocycles. The number of aromatic nitrogens is 2. The molecule has 1 fully saturated rings. The Labute approximate surface area is 212 Å². The molecule has 1 saturated heterocycles. The predicted octanol–water partition coefficient (Wildman–Crippen LogP) is 4.74. The van der Waals surface area contributed by atoms with E-state index in [1.807, 2.05) is 69.3 Å². The Morgan fingerprint density at radius 2 is 1.94 bits per heavy atom. The molecule has 2 amide bonds. The molecule has 4 rings (SSSR count). The Morgan fingerprint density at radius 3 is 2.64 bits per heavy atom. The molecule has 1 N–H and O–H groups in total. The van der Waals surface area contributed by atoms with Crippen LogP contribution in [0.3, 0.4) is 0 Å². The molecular weight excluding hydrogens is 456 g/mol. The van der Waals surface area contributed by atoms with Crippen molar-refractivity contribution in [1.82, 2.24) is 15.5 Å². The summed E-state index contributed by atoms with van der Waals surface area (Å²) >= 11 is 0. The second-order valence-electron chi connectivity index (χ2n) is 9.53. The average Bonchev–Trinajstić information content (AvgIpc) is 3.36. The first-order valence-corrected chi connectivity index (χ1v) is 12.5. The third kappa shape index (κ3) is 5.58. The summed E-state index contributed by atoms with van der Waals surface area (Å²) in [7, 11) is 1.61. The summed E-state index contributed by atoms with van der Waals surface area (Å²) in [5.74, 6) is 1.63. The number of nitrogens with one attached hydrogen (secondary N) is 1. The highest BCUT2D eigenvalue weighted by molar-refractivity contribution is 5.97. The fraction of sp³-hybridized carbons (Fsp3) is 0.429. The first-order chi connectivity index (χ1) is 17.4. The molecule has 0 spiro atoms. The number of aryl methyl sites for hydroxylation is 2.